The molecule has 4 rings (SSSR count). The Morgan fingerprint density at radius 3 is 2.18 bits per heavy atom. The number of ether oxygens (including phenoxy) is 1. The van der Waals surface area contributed by atoms with Gasteiger partial charge in [0.25, 0.3) is 0 Å². The first-order chi connectivity index (χ1) is 15.0. The van der Waals surface area contributed by atoms with E-state index in [1.807, 2.05) is 6.07 Å². The van der Waals surface area contributed by atoms with E-state index in [0.717, 1.165) is 49.7 Å². The molecule has 2 fully saturated rings. The van der Waals surface area contributed by atoms with Gasteiger partial charge < -0.3 is 4.74 Å². The van der Waals surface area contributed by atoms with Crippen LogP contribution in [-0.4, -0.2) is 42.5 Å². The van der Waals surface area contributed by atoms with Gasteiger partial charge in [0.05, 0.1) is 25.3 Å². The van der Waals surface area contributed by atoms with Crippen LogP contribution in [0, 0.1) is 22.7 Å². The molecular formula is C24H38N2O5S2. The van der Waals surface area contributed by atoms with Gasteiger partial charge in [-0.2, -0.15) is 0 Å². The number of sulfonamides is 2. The summed E-state index contributed by atoms with van der Waals surface area (Å²) in [6.45, 7) is 9.17. The number of rotatable bonds is 5. The summed E-state index contributed by atoms with van der Waals surface area (Å²) < 4.78 is 59.1. The Balaban J connectivity index is 1.75. The third-order valence-electron chi connectivity index (χ3n) is 9.14. The summed E-state index contributed by atoms with van der Waals surface area (Å²) in [5, 5.41) is 0. The van der Waals surface area contributed by atoms with Crippen molar-refractivity contribution in [1.82, 2.24) is 4.72 Å². The molecule has 0 saturated heterocycles. The predicted octanol–water partition coefficient (Wildman–Crippen LogP) is 3.65. The molecule has 9 heteroatoms. The predicted molar refractivity (Wildman–Crippen MR) is 132 cm³/mol. The summed E-state index contributed by atoms with van der Waals surface area (Å²) in [7, 11) is -5.02. The maximum atomic E-state index is 12.0. The highest BCUT2D eigenvalue weighted by molar-refractivity contribution is 7.92. The molecule has 0 aliphatic heterocycles. The van der Waals surface area contributed by atoms with Crippen molar-refractivity contribution >= 4 is 25.7 Å². The van der Waals surface area contributed by atoms with E-state index < -0.39 is 20.0 Å². The van der Waals surface area contributed by atoms with E-state index in [0.29, 0.717) is 17.5 Å². The number of fused-ring (bicyclic) bond motifs is 5. The lowest BCUT2D eigenvalue weighted by molar-refractivity contribution is -0.109. The summed E-state index contributed by atoms with van der Waals surface area (Å²) in [6, 6.07) is 3.71. The molecule has 2 N–H and O–H groups in total. The summed E-state index contributed by atoms with van der Waals surface area (Å²) in [6.07, 6.45) is 7.06. The molecule has 0 bridgehead atoms. The number of hydrogen-bond donors (Lipinski definition) is 2. The number of methoxy groups -OCH3 is 1. The van der Waals surface area contributed by atoms with Crippen LogP contribution in [0.15, 0.2) is 12.1 Å². The zero-order chi connectivity index (χ0) is 24.6. The summed E-state index contributed by atoms with van der Waals surface area (Å²) in [4.78, 5) is 0. The Morgan fingerprint density at radius 1 is 0.939 bits per heavy atom. The Bertz CT molecular complexity index is 1180. The fourth-order valence-electron chi connectivity index (χ4n) is 7.92. The highest BCUT2D eigenvalue weighted by Gasteiger charge is 2.63. The van der Waals surface area contributed by atoms with Crippen molar-refractivity contribution in [2.75, 3.05) is 24.3 Å². The first-order valence-electron chi connectivity index (χ1n) is 11.7. The summed E-state index contributed by atoms with van der Waals surface area (Å²) >= 11 is 0. The van der Waals surface area contributed by atoms with Crippen molar-refractivity contribution in [1.29, 1.82) is 0 Å². The van der Waals surface area contributed by atoms with Crippen molar-refractivity contribution in [2.45, 2.75) is 71.3 Å². The molecule has 5 unspecified atom stereocenters. The topological polar surface area (TPSA) is 102 Å². The minimum absolute atomic E-state index is 0.0423. The lowest BCUT2D eigenvalue weighted by Gasteiger charge is -2.63. The Hall–Kier alpha value is -1.32. The second-order valence-electron chi connectivity index (χ2n) is 11.7. The number of benzene rings is 1. The standard InChI is InChI=1S/C24H38N2O5S2/c1-22(2)18-8-10-24(4)19(23(18,3)11-9-20(22)26-33(7,29)30)13-15-12-16(25-32(6,27)28)14-17(31-5)21(15)24/h12,14,18-20,25-26H,8-11,13H2,1-7H3. The van der Waals surface area contributed by atoms with E-state index >= 15 is 0 Å². The molecule has 1 aromatic carbocycles. The monoisotopic (exact) mass is 498 g/mol. The van der Waals surface area contributed by atoms with Gasteiger partial charge in [-0.05, 0) is 66.4 Å². The third-order valence-corrected chi connectivity index (χ3v) is 10.5. The molecule has 3 aliphatic carbocycles. The van der Waals surface area contributed by atoms with Crippen LogP contribution in [0.1, 0.15) is 64.5 Å². The zero-order valence-corrected chi connectivity index (χ0v) is 22.4. The van der Waals surface area contributed by atoms with E-state index in [1.54, 1.807) is 13.2 Å². The van der Waals surface area contributed by atoms with Gasteiger partial charge in [-0.25, -0.2) is 21.6 Å². The van der Waals surface area contributed by atoms with Gasteiger partial charge in [-0.1, -0.05) is 27.7 Å². The molecule has 0 radical (unpaired) electrons. The zero-order valence-electron chi connectivity index (χ0n) is 20.8. The fraction of sp³-hybridized carbons (Fsp3) is 0.750. The van der Waals surface area contributed by atoms with Gasteiger partial charge in [0.15, 0.2) is 0 Å². The van der Waals surface area contributed by atoms with Gasteiger partial charge in [-0.15, -0.1) is 0 Å². The van der Waals surface area contributed by atoms with Crippen LogP contribution >= 0.6 is 0 Å². The van der Waals surface area contributed by atoms with Gasteiger partial charge in [0, 0.05) is 23.1 Å². The Morgan fingerprint density at radius 2 is 1.61 bits per heavy atom. The molecule has 0 heterocycles. The maximum absolute atomic E-state index is 12.0. The second-order valence-corrected chi connectivity index (χ2v) is 15.2. The Kier molecular flexibility index (Phi) is 5.70. The lowest BCUT2D eigenvalue weighted by atomic mass is 9.43. The molecule has 7 nitrogen and oxygen atoms in total. The number of anilines is 1. The molecule has 0 aromatic heterocycles. The second kappa shape index (κ2) is 7.59. The van der Waals surface area contributed by atoms with Crippen LogP contribution in [0.2, 0.25) is 0 Å². The van der Waals surface area contributed by atoms with Crippen LogP contribution in [0.25, 0.3) is 0 Å². The maximum Gasteiger partial charge on any atom is 0.229 e. The smallest absolute Gasteiger partial charge is 0.229 e. The van der Waals surface area contributed by atoms with Gasteiger partial charge in [-0.3, -0.25) is 4.72 Å². The molecule has 5 atom stereocenters. The molecular weight excluding hydrogens is 460 g/mol. The minimum Gasteiger partial charge on any atom is -0.496 e. The SMILES string of the molecule is COc1cc(NS(C)(=O)=O)cc2c1C1(C)CCC3C(C)(C)C(NS(C)(=O)=O)CCC3(C)C1C2. The van der Waals surface area contributed by atoms with Crippen molar-refractivity contribution in [3.63, 3.8) is 0 Å². The van der Waals surface area contributed by atoms with E-state index in [4.69, 9.17) is 4.74 Å². The normalized spacial score (nSPS) is 35.3. The van der Waals surface area contributed by atoms with Crippen LogP contribution in [-0.2, 0) is 31.9 Å². The molecule has 186 valence electrons. The average Bonchev–Trinajstić information content (AvgIpc) is 2.95. The highest BCUT2D eigenvalue weighted by Crippen LogP contribution is 2.68. The average molecular weight is 499 g/mol. The van der Waals surface area contributed by atoms with Crippen LogP contribution in [0.4, 0.5) is 5.69 Å². The largest absolute Gasteiger partial charge is 0.496 e. The van der Waals surface area contributed by atoms with Gasteiger partial charge >= 0.3 is 0 Å². The molecule has 1 aromatic rings. The van der Waals surface area contributed by atoms with E-state index in [-0.39, 0.29) is 22.3 Å². The lowest BCUT2D eigenvalue weighted by Crippen LogP contribution is -2.61. The molecule has 0 amide bonds. The molecule has 2 saturated carbocycles. The van der Waals surface area contributed by atoms with Gasteiger partial charge in [0.2, 0.25) is 20.0 Å². The highest BCUT2D eigenvalue weighted by atomic mass is 32.2. The third kappa shape index (κ3) is 4.08. The summed E-state index contributed by atoms with van der Waals surface area (Å²) in [5.41, 5.74) is 2.72. The van der Waals surface area contributed by atoms with Crippen molar-refractivity contribution in [3.05, 3.63) is 23.3 Å². The number of hydrogen-bond acceptors (Lipinski definition) is 5. The van der Waals surface area contributed by atoms with Crippen molar-refractivity contribution in [2.24, 2.45) is 22.7 Å². The molecule has 0 spiro atoms. The summed E-state index contributed by atoms with van der Waals surface area (Å²) in [5.74, 6) is 1.50. The first kappa shape index (κ1) is 24.8. The Labute approximate surface area is 199 Å². The molecule has 3 aliphatic rings. The van der Waals surface area contributed by atoms with E-state index in [2.05, 4.69) is 37.1 Å². The number of nitrogens with one attached hydrogen (secondary N) is 2. The fourth-order valence-corrected chi connectivity index (χ4v) is 9.41. The van der Waals surface area contributed by atoms with Crippen LogP contribution in [0.3, 0.4) is 0 Å². The quantitative estimate of drug-likeness (QED) is 0.645. The van der Waals surface area contributed by atoms with Gasteiger partial charge in [0.1, 0.15) is 5.75 Å². The first-order valence-corrected chi connectivity index (χ1v) is 15.5. The minimum atomic E-state index is -3.39. The van der Waals surface area contributed by atoms with Crippen LogP contribution < -0.4 is 14.2 Å². The van der Waals surface area contributed by atoms with Crippen molar-refractivity contribution in [3.8, 4) is 5.75 Å². The van der Waals surface area contributed by atoms with E-state index in [9.17, 15) is 16.8 Å². The van der Waals surface area contributed by atoms with Crippen molar-refractivity contribution < 1.29 is 21.6 Å². The van der Waals surface area contributed by atoms with Crippen LogP contribution in [0.5, 0.6) is 5.75 Å². The molecule has 33 heavy (non-hydrogen) atoms. The van der Waals surface area contributed by atoms with E-state index in [1.165, 1.54) is 11.8 Å².